The first-order valence-electron chi connectivity index (χ1n) is 6.21. The van der Waals surface area contributed by atoms with E-state index in [9.17, 15) is 4.79 Å². The average Bonchev–Trinajstić information content (AvgIpc) is 2.91. The van der Waals surface area contributed by atoms with Crippen molar-refractivity contribution in [3.8, 4) is 0 Å². The Hall–Kier alpha value is -1.33. The van der Waals surface area contributed by atoms with Crippen molar-refractivity contribution < 1.29 is 13.9 Å². The number of nitrogens with zero attached hydrogens (tertiary/aromatic N) is 1. The molecule has 18 heavy (non-hydrogen) atoms. The molecule has 2 rings (SSSR count). The summed E-state index contributed by atoms with van der Waals surface area (Å²) >= 11 is 0. The summed E-state index contributed by atoms with van der Waals surface area (Å²) in [6.45, 7) is 2.10. The van der Waals surface area contributed by atoms with Gasteiger partial charge in [-0.3, -0.25) is 4.79 Å². The molecule has 0 atom stereocenters. The number of furan rings is 1. The third-order valence-electron chi connectivity index (χ3n) is 3.70. The third kappa shape index (κ3) is 2.73. The van der Waals surface area contributed by atoms with Crippen LogP contribution in [0.3, 0.4) is 0 Å². The van der Waals surface area contributed by atoms with Crippen LogP contribution in [0.25, 0.3) is 0 Å². The molecule has 2 heterocycles. The van der Waals surface area contributed by atoms with E-state index in [-0.39, 0.29) is 11.4 Å². The van der Waals surface area contributed by atoms with Crippen LogP contribution in [-0.2, 0) is 4.74 Å². The van der Waals surface area contributed by atoms with Gasteiger partial charge in [0, 0.05) is 25.3 Å². The van der Waals surface area contributed by atoms with Gasteiger partial charge in [-0.25, -0.2) is 0 Å². The van der Waals surface area contributed by atoms with Crippen LogP contribution in [0.15, 0.2) is 22.8 Å². The summed E-state index contributed by atoms with van der Waals surface area (Å²) in [7, 11) is 4.09. The summed E-state index contributed by atoms with van der Waals surface area (Å²) in [5, 5.41) is 2.95. The molecule has 1 amide bonds. The number of amides is 1. The lowest BCUT2D eigenvalue weighted by molar-refractivity contribution is -0.00669. The topological polar surface area (TPSA) is 54.7 Å². The molecule has 0 spiro atoms. The van der Waals surface area contributed by atoms with Crippen LogP contribution in [0.4, 0.5) is 0 Å². The molecule has 0 aromatic carbocycles. The van der Waals surface area contributed by atoms with Gasteiger partial charge in [-0.15, -0.1) is 0 Å². The minimum absolute atomic E-state index is 0.0134. The Balaban J connectivity index is 1.96. The maximum atomic E-state index is 11.9. The summed E-state index contributed by atoms with van der Waals surface area (Å²) in [5.41, 5.74) is -0.0134. The van der Waals surface area contributed by atoms with Crippen molar-refractivity contribution >= 4 is 5.91 Å². The number of ether oxygens (including phenoxy) is 1. The summed E-state index contributed by atoms with van der Waals surface area (Å²) in [5.74, 6) is 0.198. The molecule has 1 fully saturated rings. The molecule has 0 bridgehead atoms. The first-order valence-corrected chi connectivity index (χ1v) is 6.21. The number of carbonyl (C=O) groups is 1. The van der Waals surface area contributed by atoms with Gasteiger partial charge < -0.3 is 19.4 Å². The number of carbonyl (C=O) groups excluding carboxylic acids is 1. The summed E-state index contributed by atoms with van der Waals surface area (Å²) < 4.78 is 10.5. The fourth-order valence-electron chi connectivity index (χ4n) is 2.27. The van der Waals surface area contributed by atoms with Crippen molar-refractivity contribution in [3.63, 3.8) is 0 Å². The summed E-state index contributed by atoms with van der Waals surface area (Å²) in [4.78, 5) is 14.0. The Morgan fingerprint density at radius 2 is 2.17 bits per heavy atom. The van der Waals surface area contributed by atoms with E-state index in [0.717, 1.165) is 26.1 Å². The van der Waals surface area contributed by atoms with E-state index in [2.05, 4.69) is 10.2 Å². The second kappa shape index (κ2) is 5.54. The zero-order valence-corrected chi connectivity index (χ0v) is 10.9. The number of likely N-dealkylation sites (N-methyl/N-ethyl adjacent to an activating group) is 1. The minimum Gasteiger partial charge on any atom is -0.459 e. The monoisotopic (exact) mass is 252 g/mol. The van der Waals surface area contributed by atoms with Crippen LogP contribution in [-0.4, -0.2) is 50.2 Å². The fourth-order valence-corrected chi connectivity index (χ4v) is 2.27. The Morgan fingerprint density at radius 3 is 2.72 bits per heavy atom. The van der Waals surface area contributed by atoms with Crippen molar-refractivity contribution in [2.45, 2.75) is 18.4 Å². The first-order chi connectivity index (χ1) is 8.64. The molecule has 100 valence electrons. The molecule has 1 aliphatic rings. The van der Waals surface area contributed by atoms with Crippen LogP contribution in [0.2, 0.25) is 0 Å². The lowest BCUT2D eigenvalue weighted by Crippen LogP contribution is -2.55. The fraction of sp³-hybridized carbons (Fsp3) is 0.615. The molecule has 0 unspecified atom stereocenters. The van der Waals surface area contributed by atoms with Gasteiger partial charge in [0.25, 0.3) is 5.91 Å². The number of nitrogens with one attached hydrogen (secondary N) is 1. The quantitative estimate of drug-likeness (QED) is 0.872. The molecule has 5 nitrogen and oxygen atoms in total. The standard InChI is InChI=1S/C13H20N2O3/c1-15(2)13(5-8-17-9-6-13)10-14-12(16)11-4-3-7-18-11/h3-4,7H,5-6,8-10H2,1-2H3,(H,14,16). The predicted octanol–water partition coefficient (Wildman–Crippen LogP) is 1.12. The SMILES string of the molecule is CN(C)C1(CNC(=O)c2ccco2)CCOCC1. The highest BCUT2D eigenvalue weighted by molar-refractivity contribution is 5.91. The van der Waals surface area contributed by atoms with Crippen LogP contribution in [0.5, 0.6) is 0 Å². The third-order valence-corrected chi connectivity index (χ3v) is 3.70. The first kappa shape index (κ1) is 13.1. The van der Waals surface area contributed by atoms with Crippen molar-refractivity contribution in [1.82, 2.24) is 10.2 Å². The molecule has 0 aliphatic carbocycles. The minimum atomic E-state index is -0.160. The Kier molecular flexibility index (Phi) is 4.04. The number of rotatable bonds is 4. The zero-order valence-electron chi connectivity index (χ0n) is 10.9. The van der Waals surface area contributed by atoms with E-state index in [4.69, 9.17) is 9.15 Å². The van der Waals surface area contributed by atoms with E-state index in [1.54, 1.807) is 12.1 Å². The highest BCUT2D eigenvalue weighted by Gasteiger charge is 2.35. The normalized spacial score (nSPS) is 18.8. The number of hydrogen-bond acceptors (Lipinski definition) is 4. The maximum Gasteiger partial charge on any atom is 0.287 e. The van der Waals surface area contributed by atoms with Gasteiger partial charge in [0.05, 0.1) is 6.26 Å². The van der Waals surface area contributed by atoms with Gasteiger partial charge in [0.2, 0.25) is 0 Å². The highest BCUT2D eigenvalue weighted by atomic mass is 16.5. The van der Waals surface area contributed by atoms with Crippen molar-refractivity contribution in [2.24, 2.45) is 0 Å². The highest BCUT2D eigenvalue weighted by Crippen LogP contribution is 2.25. The van der Waals surface area contributed by atoms with E-state index in [1.165, 1.54) is 6.26 Å². The number of hydrogen-bond donors (Lipinski definition) is 1. The molecule has 5 heteroatoms. The van der Waals surface area contributed by atoms with Crippen LogP contribution >= 0.6 is 0 Å². The van der Waals surface area contributed by atoms with E-state index in [1.807, 2.05) is 14.1 Å². The molecular weight excluding hydrogens is 232 g/mol. The van der Waals surface area contributed by atoms with E-state index < -0.39 is 0 Å². The summed E-state index contributed by atoms with van der Waals surface area (Å²) in [6.07, 6.45) is 3.36. The van der Waals surface area contributed by atoms with Gasteiger partial charge in [0.1, 0.15) is 0 Å². The van der Waals surface area contributed by atoms with Crippen molar-refractivity contribution in [1.29, 1.82) is 0 Å². The Morgan fingerprint density at radius 1 is 1.44 bits per heavy atom. The smallest absolute Gasteiger partial charge is 0.287 e. The van der Waals surface area contributed by atoms with E-state index >= 15 is 0 Å². The van der Waals surface area contributed by atoms with Crippen molar-refractivity contribution in [2.75, 3.05) is 33.9 Å². The van der Waals surface area contributed by atoms with Gasteiger partial charge in [0.15, 0.2) is 5.76 Å². The largest absolute Gasteiger partial charge is 0.459 e. The zero-order chi connectivity index (χ0) is 13.0. The van der Waals surface area contributed by atoms with Gasteiger partial charge in [-0.1, -0.05) is 0 Å². The summed E-state index contributed by atoms with van der Waals surface area (Å²) in [6, 6.07) is 3.38. The van der Waals surface area contributed by atoms with Gasteiger partial charge in [-0.05, 0) is 39.1 Å². The van der Waals surface area contributed by atoms with Gasteiger partial charge >= 0.3 is 0 Å². The molecule has 1 N–H and O–H groups in total. The predicted molar refractivity (Wildman–Crippen MR) is 67.5 cm³/mol. The van der Waals surface area contributed by atoms with Crippen LogP contribution < -0.4 is 5.32 Å². The maximum absolute atomic E-state index is 11.9. The average molecular weight is 252 g/mol. The Bertz CT molecular complexity index is 381. The second-order valence-corrected chi connectivity index (χ2v) is 4.89. The van der Waals surface area contributed by atoms with Crippen LogP contribution in [0.1, 0.15) is 23.4 Å². The lowest BCUT2D eigenvalue weighted by atomic mass is 9.88. The Labute approximate surface area is 107 Å². The molecule has 1 aliphatic heterocycles. The van der Waals surface area contributed by atoms with Gasteiger partial charge in [-0.2, -0.15) is 0 Å². The lowest BCUT2D eigenvalue weighted by Gasteiger charge is -2.42. The van der Waals surface area contributed by atoms with Crippen molar-refractivity contribution in [3.05, 3.63) is 24.2 Å². The molecule has 1 saturated heterocycles. The van der Waals surface area contributed by atoms with E-state index in [0.29, 0.717) is 12.3 Å². The second-order valence-electron chi connectivity index (χ2n) is 4.89. The molecule has 0 saturated carbocycles. The molecule has 0 radical (unpaired) electrons. The molecule has 1 aromatic rings. The van der Waals surface area contributed by atoms with Crippen LogP contribution in [0, 0.1) is 0 Å². The molecular formula is C13H20N2O3. The molecule has 1 aromatic heterocycles.